The topological polar surface area (TPSA) is 50.2 Å². The summed E-state index contributed by atoms with van der Waals surface area (Å²) >= 11 is 0. The van der Waals surface area contributed by atoms with Gasteiger partial charge in [0.2, 0.25) is 0 Å². The van der Waals surface area contributed by atoms with E-state index in [4.69, 9.17) is 0 Å². The van der Waals surface area contributed by atoms with Gasteiger partial charge in [-0.05, 0) is 32.0 Å². The molecule has 1 aliphatic rings. The SMILES string of the molecule is CCn1c(C)nc2cc(C(=O)N3CCNCC3)ccc21. The minimum Gasteiger partial charge on any atom is -0.336 e. The minimum atomic E-state index is 0.108. The Morgan fingerprint density at radius 1 is 1.35 bits per heavy atom. The molecular formula is C15H20N4O. The first kappa shape index (κ1) is 13.1. The summed E-state index contributed by atoms with van der Waals surface area (Å²) in [5.74, 6) is 1.10. The van der Waals surface area contributed by atoms with Gasteiger partial charge in [0.25, 0.3) is 5.91 Å². The highest BCUT2D eigenvalue weighted by molar-refractivity contribution is 5.97. The first-order valence-corrected chi connectivity index (χ1v) is 7.17. The van der Waals surface area contributed by atoms with Crippen LogP contribution in [-0.2, 0) is 6.54 Å². The van der Waals surface area contributed by atoms with Crippen molar-refractivity contribution in [3.8, 4) is 0 Å². The number of hydrogen-bond acceptors (Lipinski definition) is 3. The molecular weight excluding hydrogens is 252 g/mol. The van der Waals surface area contributed by atoms with Crippen molar-refractivity contribution in [2.24, 2.45) is 0 Å². The van der Waals surface area contributed by atoms with E-state index in [0.717, 1.165) is 55.1 Å². The molecule has 1 N–H and O–H groups in total. The number of imidazole rings is 1. The third-order valence-corrected chi connectivity index (χ3v) is 3.91. The van der Waals surface area contributed by atoms with E-state index in [0.29, 0.717) is 0 Å². The summed E-state index contributed by atoms with van der Waals surface area (Å²) in [6, 6.07) is 5.84. The summed E-state index contributed by atoms with van der Waals surface area (Å²) in [4.78, 5) is 18.9. The number of nitrogens with zero attached hydrogens (tertiary/aromatic N) is 3. The van der Waals surface area contributed by atoms with Crippen molar-refractivity contribution in [1.82, 2.24) is 19.8 Å². The number of rotatable bonds is 2. The summed E-state index contributed by atoms with van der Waals surface area (Å²) in [5, 5.41) is 3.26. The van der Waals surface area contributed by atoms with Crippen LogP contribution >= 0.6 is 0 Å². The van der Waals surface area contributed by atoms with E-state index in [1.54, 1.807) is 0 Å². The number of aromatic nitrogens is 2. The molecule has 1 aromatic heterocycles. The molecule has 5 heteroatoms. The van der Waals surface area contributed by atoms with Crippen molar-refractivity contribution in [1.29, 1.82) is 0 Å². The van der Waals surface area contributed by atoms with Crippen molar-refractivity contribution in [2.45, 2.75) is 20.4 Å². The smallest absolute Gasteiger partial charge is 0.254 e. The lowest BCUT2D eigenvalue weighted by Gasteiger charge is -2.27. The molecule has 0 bridgehead atoms. The average molecular weight is 272 g/mol. The molecule has 0 radical (unpaired) electrons. The van der Waals surface area contributed by atoms with Crippen LogP contribution < -0.4 is 5.32 Å². The molecule has 3 rings (SSSR count). The van der Waals surface area contributed by atoms with Gasteiger partial charge in [-0.1, -0.05) is 0 Å². The number of amides is 1. The standard InChI is InChI=1S/C15H20N4O/c1-3-19-11(2)17-13-10-12(4-5-14(13)19)15(20)18-8-6-16-7-9-18/h4-5,10,16H,3,6-9H2,1-2H3. The van der Waals surface area contributed by atoms with Gasteiger partial charge >= 0.3 is 0 Å². The maximum Gasteiger partial charge on any atom is 0.254 e. The Bertz CT molecular complexity index is 641. The highest BCUT2D eigenvalue weighted by Crippen LogP contribution is 2.18. The summed E-state index contributed by atoms with van der Waals surface area (Å²) in [6.07, 6.45) is 0. The summed E-state index contributed by atoms with van der Waals surface area (Å²) in [6.45, 7) is 8.30. The molecule has 20 heavy (non-hydrogen) atoms. The van der Waals surface area contributed by atoms with Crippen LogP contribution in [0.2, 0.25) is 0 Å². The van der Waals surface area contributed by atoms with E-state index >= 15 is 0 Å². The molecule has 106 valence electrons. The van der Waals surface area contributed by atoms with Crippen LogP contribution in [0.1, 0.15) is 23.1 Å². The summed E-state index contributed by atoms with van der Waals surface area (Å²) < 4.78 is 2.16. The first-order chi connectivity index (χ1) is 9.70. The Balaban J connectivity index is 1.94. The van der Waals surface area contributed by atoms with Gasteiger partial charge in [-0.3, -0.25) is 4.79 Å². The number of nitrogens with one attached hydrogen (secondary N) is 1. The largest absolute Gasteiger partial charge is 0.336 e. The normalized spacial score (nSPS) is 15.8. The Morgan fingerprint density at radius 2 is 2.10 bits per heavy atom. The number of piperazine rings is 1. The van der Waals surface area contributed by atoms with Crippen molar-refractivity contribution in [3.05, 3.63) is 29.6 Å². The van der Waals surface area contributed by atoms with Crippen LogP contribution in [0.5, 0.6) is 0 Å². The van der Waals surface area contributed by atoms with Crippen LogP contribution in [0.4, 0.5) is 0 Å². The minimum absolute atomic E-state index is 0.108. The van der Waals surface area contributed by atoms with Gasteiger partial charge in [0.15, 0.2) is 0 Å². The maximum absolute atomic E-state index is 12.5. The quantitative estimate of drug-likeness (QED) is 0.899. The molecule has 1 aromatic carbocycles. The molecule has 5 nitrogen and oxygen atoms in total. The van der Waals surface area contributed by atoms with Crippen molar-refractivity contribution < 1.29 is 4.79 Å². The second-order valence-corrected chi connectivity index (χ2v) is 5.15. The molecule has 1 aliphatic heterocycles. The van der Waals surface area contributed by atoms with E-state index in [1.165, 1.54) is 0 Å². The van der Waals surface area contributed by atoms with Gasteiger partial charge < -0.3 is 14.8 Å². The van der Waals surface area contributed by atoms with E-state index in [2.05, 4.69) is 21.8 Å². The fraction of sp³-hybridized carbons (Fsp3) is 0.467. The monoisotopic (exact) mass is 272 g/mol. The molecule has 0 aliphatic carbocycles. The number of benzene rings is 1. The Kier molecular flexibility index (Phi) is 3.44. The van der Waals surface area contributed by atoms with Crippen molar-refractivity contribution in [2.75, 3.05) is 26.2 Å². The molecule has 2 aromatic rings. The lowest BCUT2D eigenvalue weighted by atomic mass is 10.1. The zero-order valence-electron chi connectivity index (χ0n) is 12.0. The summed E-state index contributed by atoms with van der Waals surface area (Å²) in [5.41, 5.74) is 2.74. The van der Waals surface area contributed by atoms with E-state index in [1.807, 2.05) is 30.0 Å². The van der Waals surface area contributed by atoms with Crippen molar-refractivity contribution in [3.63, 3.8) is 0 Å². The van der Waals surface area contributed by atoms with Crippen molar-refractivity contribution >= 4 is 16.9 Å². The number of fused-ring (bicyclic) bond motifs is 1. The number of aryl methyl sites for hydroxylation is 2. The number of carbonyl (C=O) groups excluding carboxylic acids is 1. The average Bonchev–Trinajstić information content (AvgIpc) is 2.81. The van der Waals surface area contributed by atoms with Gasteiger partial charge in [-0.2, -0.15) is 0 Å². The zero-order chi connectivity index (χ0) is 14.1. The number of hydrogen-bond donors (Lipinski definition) is 1. The maximum atomic E-state index is 12.5. The molecule has 1 amide bonds. The highest BCUT2D eigenvalue weighted by atomic mass is 16.2. The predicted octanol–water partition coefficient (Wildman–Crippen LogP) is 1.41. The van der Waals surface area contributed by atoms with E-state index in [9.17, 15) is 4.79 Å². The van der Waals surface area contributed by atoms with E-state index in [-0.39, 0.29) is 5.91 Å². The van der Waals surface area contributed by atoms with Gasteiger partial charge in [0.1, 0.15) is 5.82 Å². The molecule has 1 saturated heterocycles. The Morgan fingerprint density at radius 3 is 2.80 bits per heavy atom. The molecule has 2 heterocycles. The molecule has 0 atom stereocenters. The van der Waals surface area contributed by atoms with Gasteiger partial charge in [-0.25, -0.2) is 4.98 Å². The Labute approximate surface area is 118 Å². The van der Waals surface area contributed by atoms with E-state index < -0.39 is 0 Å². The first-order valence-electron chi connectivity index (χ1n) is 7.17. The lowest BCUT2D eigenvalue weighted by Crippen LogP contribution is -2.46. The molecule has 0 unspecified atom stereocenters. The van der Waals surface area contributed by atoms with Crippen LogP contribution in [0.15, 0.2) is 18.2 Å². The molecule has 0 saturated carbocycles. The van der Waals surface area contributed by atoms with Crippen LogP contribution in [0, 0.1) is 6.92 Å². The fourth-order valence-corrected chi connectivity index (χ4v) is 2.83. The highest BCUT2D eigenvalue weighted by Gasteiger charge is 2.18. The summed E-state index contributed by atoms with van der Waals surface area (Å²) in [7, 11) is 0. The third-order valence-electron chi connectivity index (χ3n) is 3.91. The predicted molar refractivity (Wildman–Crippen MR) is 78.9 cm³/mol. The lowest BCUT2D eigenvalue weighted by molar-refractivity contribution is 0.0736. The van der Waals surface area contributed by atoms with Crippen LogP contribution in [0.25, 0.3) is 11.0 Å². The van der Waals surface area contributed by atoms with Crippen LogP contribution in [0.3, 0.4) is 0 Å². The Hall–Kier alpha value is -1.88. The third kappa shape index (κ3) is 2.18. The van der Waals surface area contributed by atoms with Crippen LogP contribution in [-0.4, -0.2) is 46.5 Å². The van der Waals surface area contributed by atoms with Gasteiger partial charge in [0.05, 0.1) is 11.0 Å². The van der Waals surface area contributed by atoms with Gasteiger partial charge in [0, 0.05) is 38.3 Å². The molecule has 1 fully saturated rings. The second-order valence-electron chi connectivity index (χ2n) is 5.15. The fourth-order valence-electron chi connectivity index (χ4n) is 2.83. The zero-order valence-corrected chi connectivity index (χ0v) is 12.0. The second kappa shape index (κ2) is 5.25. The number of carbonyl (C=O) groups is 1. The van der Waals surface area contributed by atoms with Gasteiger partial charge in [-0.15, -0.1) is 0 Å². The molecule has 0 spiro atoms.